The van der Waals surface area contributed by atoms with Gasteiger partial charge in [-0.1, -0.05) is 39.8 Å². The Kier molecular flexibility index (Phi) is 6.54. The number of aromatic nitrogens is 3. The lowest BCUT2D eigenvalue weighted by Gasteiger charge is -2.07. The van der Waals surface area contributed by atoms with Gasteiger partial charge >= 0.3 is 0 Å². The Hall–Kier alpha value is -1.87. The van der Waals surface area contributed by atoms with Crippen molar-refractivity contribution in [2.24, 2.45) is 0 Å². The van der Waals surface area contributed by atoms with Crippen molar-refractivity contribution in [1.29, 1.82) is 0 Å². The molecule has 0 aliphatic heterocycles. The first kappa shape index (κ1) is 20.4. The van der Waals surface area contributed by atoms with Crippen LogP contribution >= 0.6 is 39.0 Å². The lowest BCUT2D eigenvalue weighted by atomic mass is 10.2. The summed E-state index contributed by atoms with van der Waals surface area (Å²) >= 11 is 6.86. The maximum absolute atomic E-state index is 5.50. The van der Waals surface area contributed by atoms with Crippen molar-refractivity contribution in [3.05, 3.63) is 58.0 Å². The summed E-state index contributed by atoms with van der Waals surface area (Å²) in [7, 11) is 3.40. The minimum Gasteiger partial charge on any atom is -0.496 e. The number of imidazole rings is 1. The normalized spacial score (nSPS) is 11.3. The number of thioether (sulfide) groups is 1. The van der Waals surface area contributed by atoms with Gasteiger partial charge in [-0.25, -0.2) is 9.97 Å². The third-order valence-electron chi connectivity index (χ3n) is 4.43. The summed E-state index contributed by atoms with van der Waals surface area (Å²) in [6, 6.07) is 14.2. The summed E-state index contributed by atoms with van der Waals surface area (Å²) in [5, 5.41) is 4.04. The molecule has 0 aliphatic rings. The molecule has 4 aromatic rings. The molecule has 0 fully saturated rings. The Morgan fingerprint density at radius 1 is 1.14 bits per heavy atom. The molecule has 0 bridgehead atoms. The van der Waals surface area contributed by atoms with Crippen molar-refractivity contribution in [1.82, 2.24) is 14.5 Å². The Bertz CT molecular complexity index is 1130. The molecule has 0 atom stereocenters. The first-order valence-electron chi connectivity index (χ1n) is 9.05. The quantitative estimate of drug-likeness (QED) is 0.289. The van der Waals surface area contributed by atoms with Crippen LogP contribution in [0.25, 0.3) is 21.6 Å². The van der Waals surface area contributed by atoms with Gasteiger partial charge in [0.15, 0.2) is 5.16 Å². The van der Waals surface area contributed by atoms with Crippen LogP contribution in [0.3, 0.4) is 0 Å². The molecule has 2 heterocycles. The molecule has 0 amide bonds. The fourth-order valence-corrected chi connectivity index (χ4v) is 5.29. The molecule has 5 nitrogen and oxygen atoms in total. The number of nitrogens with zero attached hydrogens (tertiary/aromatic N) is 3. The number of thiazole rings is 1. The van der Waals surface area contributed by atoms with Gasteiger partial charge in [-0.2, -0.15) is 0 Å². The molecule has 2 aromatic carbocycles. The van der Waals surface area contributed by atoms with Crippen LogP contribution in [0.15, 0.2) is 57.5 Å². The van der Waals surface area contributed by atoms with Crippen molar-refractivity contribution < 1.29 is 9.47 Å². The zero-order valence-corrected chi connectivity index (χ0v) is 19.3. The molecular weight excluding hydrogens is 470 g/mol. The van der Waals surface area contributed by atoms with Crippen molar-refractivity contribution >= 4 is 50.1 Å². The highest BCUT2D eigenvalue weighted by Gasteiger charge is 2.14. The van der Waals surface area contributed by atoms with Crippen molar-refractivity contribution in [2.45, 2.75) is 17.5 Å². The highest BCUT2D eigenvalue weighted by atomic mass is 79.9. The molecule has 0 spiro atoms. The van der Waals surface area contributed by atoms with Crippen LogP contribution in [0.4, 0.5) is 0 Å². The summed E-state index contributed by atoms with van der Waals surface area (Å²) in [6.07, 6.45) is 0. The maximum atomic E-state index is 5.50. The molecule has 150 valence electrons. The smallest absolute Gasteiger partial charge is 0.169 e. The predicted molar refractivity (Wildman–Crippen MR) is 123 cm³/mol. The number of hydrogen-bond donors (Lipinski definition) is 0. The van der Waals surface area contributed by atoms with Crippen LogP contribution in [0, 0.1) is 0 Å². The Labute approximate surface area is 186 Å². The summed E-state index contributed by atoms with van der Waals surface area (Å²) < 4.78 is 14.0. The van der Waals surface area contributed by atoms with Gasteiger partial charge in [0.1, 0.15) is 10.8 Å². The zero-order chi connectivity index (χ0) is 20.2. The fourth-order valence-electron chi connectivity index (χ4n) is 3.05. The molecular formula is C21H20BrN3O2S2. The number of ether oxygens (including phenoxy) is 2. The van der Waals surface area contributed by atoms with E-state index in [2.05, 4.69) is 31.9 Å². The number of methoxy groups -OCH3 is 2. The van der Waals surface area contributed by atoms with E-state index in [1.807, 2.05) is 36.4 Å². The number of halogens is 1. The summed E-state index contributed by atoms with van der Waals surface area (Å²) in [4.78, 5) is 9.63. The van der Waals surface area contributed by atoms with Crippen molar-refractivity contribution in [2.75, 3.05) is 20.8 Å². The molecule has 2 aromatic heterocycles. The zero-order valence-electron chi connectivity index (χ0n) is 16.1. The second-order valence-corrected chi connectivity index (χ2v) is 9.02. The van der Waals surface area contributed by atoms with E-state index in [1.54, 1.807) is 37.3 Å². The number of benzene rings is 2. The van der Waals surface area contributed by atoms with E-state index < -0.39 is 0 Å². The lowest BCUT2D eigenvalue weighted by Crippen LogP contribution is -2.05. The fraction of sp³-hybridized carbons (Fsp3) is 0.238. The third kappa shape index (κ3) is 4.50. The summed E-state index contributed by atoms with van der Waals surface area (Å²) in [5.74, 6) is 1.58. The van der Waals surface area contributed by atoms with Crippen LogP contribution in [0.1, 0.15) is 5.69 Å². The van der Waals surface area contributed by atoms with Gasteiger partial charge in [-0.05, 0) is 30.3 Å². The van der Waals surface area contributed by atoms with Gasteiger partial charge in [0.05, 0.1) is 36.0 Å². The summed E-state index contributed by atoms with van der Waals surface area (Å²) in [6.45, 7) is 1.42. The average molecular weight is 490 g/mol. The van der Waals surface area contributed by atoms with E-state index in [9.17, 15) is 0 Å². The molecule has 0 radical (unpaired) electrons. The Morgan fingerprint density at radius 2 is 2.00 bits per heavy atom. The second kappa shape index (κ2) is 9.30. The molecule has 0 unspecified atom stereocenters. The predicted octanol–water partition coefficient (Wildman–Crippen LogP) is 5.87. The average Bonchev–Trinajstić information content (AvgIpc) is 3.35. The van der Waals surface area contributed by atoms with Gasteiger partial charge in [-0.3, -0.25) is 0 Å². The molecule has 0 saturated carbocycles. The molecule has 0 N–H and O–H groups in total. The van der Waals surface area contributed by atoms with Gasteiger partial charge in [0.2, 0.25) is 0 Å². The largest absolute Gasteiger partial charge is 0.496 e. The monoisotopic (exact) mass is 489 g/mol. The third-order valence-corrected chi connectivity index (χ3v) is 6.86. The topological polar surface area (TPSA) is 49.2 Å². The lowest BCUT2D eigenvalue weighted by molar-refractivity contribution is 0.186. The van der Waals surface area contributed by atoms with Crippen LogP contribution in [0.2, 0.25) is 0 Å². The molecule has 8 heteroatoms. The summed E-state index contributed by atoms with van der Waals surface area (Å²) in [5.41, 5.74) is 4.16. The van der Waals surface area contributed by atoms with Gasteiger partial charge in [0, 0.05) is 29.3 Å². The van der Waals surface area contributed by atoms with E-state index in [0.29, 0.717) is 6.61 Å². The van der Waals surface area contributed by atoms with Crippen molar-refractivity contribution in [3.8, 4) is 16.3 Å². The number of para-hydroxylation sites is 2. The standard InChI is InChI=1S/C21H20BrN3O2S2/c1-26-10-9-25-18-6-4-3-5-17(18)24-21(25)29-13-15-12-28-20(23-15)16-11-14(22)7-8-19(16)27-2/h3-8,11-12H,9-10,13H2,1-2H3. The minimum atomic E-state index is 0.650. The van der Waals surface area contributed by atoms with E-state index >= 15 is 0 Å². The van der Waals surface area contributed by atoms with Crippen LogP contribution in [0.5, 0.6) is 5.75 Å². The van der Waals surface area contributed by atoms with Crippen molar-refractivity contribution in [3.63, 3.8) is 0 Å². The second-order valence-electron chi connectivity index (χ2n) is 6.30. The maximum Gasteiger partial charge on any atom is 0.169 e. The van der Waals surface area contributed by atoms with Gasteiger partial charge in [-0.15, -0.1) is 11.3 Å². The van der Waals surface area contributed by atoms with Crippen LogP contribution < -0.4 is 4.74 Å². The number of rotatable bonds is 8. The number of fused-ring (bicyclic) bond motifs is 1. The van der Waals surface area contributed by atoms with E-state index in [0.717, 1.165) is 55.0 Å². The molecule has 0 aliphatic carbocycles. The Morgan fingerprint density at radius 3 is 2.83 bits per heavy atom. The molecule has 4 rings (SSSR count). The van der Waals surface area contributed by atoms with Gasteiger partial charge in [0.25, 0.3) is 0 Å². The SMILES string of the molecule is COCCn1c(SCc2csc(-c3cc(Br)ccc3OC)n2)nc2ccccc21. The highest BCUT2D eigenvalue weighted by molar-refractivity contribution is 9.10. The van der Waals surface area contributed by atoms with Crippen LogP contribution in [-0.2, 0) is 17.0 Å². The van der Waals surface area contributed by atoms with E-state index in [-0.39, 0.29) is 0 Å². The van der Waals surface area contributed by atoms with Gasteiger partial charge < -0.3 is 14.0 Å². The van der Waals surface area contributed by atoms with E-state index in [1.165, 1.54) is 0 Å². The van der Waals surface area contributed by atoms with Crippen LogP contribution in [-0.4, -0.2) is 35.4 Å². The molecule has 29 heavy (non-hydrogen) atoms. The highest BCUT2D eigenvalue weighted by Crippen LogP contribution is 2.35. The first-order valence-corrected chi connectivity index (χ1v) is 11.7. The minimum absolute atomic E-state index is 0.650. The first-order chi connectivity index (χ1) is 14.2. The molecule has 0 saturated heterocycles. The Balaban J connectivity index is 1.56. The van der Waals surface area contributed by atoms with E-state index in [4.69, 9.17) is 19.4 Å². The number of hydrogen-bond acceptors (Lipinski definition) is 6.